The highest BCUT2D eigenvalue weighted by atomic mass is 16.5. The molecule has 0 saturated heterocycles. The fourth-order valence-corrected chi connectivity index (χ4v) is 2.99. The first-order valence-corrected chi connectivity index (χ1v) is 10.8. The van der Waals surface area contributed by atoms with Crippen molar-refractivity contribution in [1.29, 1.82) is 0 Å². The zero-order valence-corrected chi connectivity index (χ0v) is 17.3. The summed E-state index contributed by atoms with van der Waals surface area (Å²) < 4.78 is 10.0. The molecule has 2 N–H and O–H groups in total. The van der Waals surface area contributed by atoms with Crippen LogP contribution in [0.15, 0.2) is 0 Å². The van der Waals surface area contributed by atoms with E-state index in [0.29, 0.717) is 13.2 Å². The van der Waals surface area contributed by atoms with Crippen LogP contribution in [-0.2, 0) is 9.47 Å². The minimum atomic E-state index is -0.538. The molecule has 26 heavy (non-hydrogen) atoms. The van der Waals surface area contributed by atoms with Gasteiger partial charge in [-0.05, 0) is 6.42 Å². The second-order valence-corrected chi connectivity index (χ2v) is 7.19. The van der Waals surface area contributed by atoms with E-state index in [4.69, 9.17) is 9.84 Å². The lowest BCUT2D eigenvalue weighted by Crippen LogP contribution is -2.40. The van der Waals surface area contributed by atoms with Crippen LogP contribution in [0.3, 0.4) is 0 Å². The number of aliphatic hydroxyl groups is 1. The van der Waals surface area contributed by atoms with Crippen molar-refractivity contribution in [2.45, 2.75) is 103 Å². The van der Waals surface area contributed by atoms with Crippen molar-refractivity contribution in [3.8, 4) is 0 Å². The Hall–Kier alpha value is -0.810. The molecule has 5 nitrogen and oxygen atoms in total. The molecule has 1 amide bonds. The molecule has 0 rings (SSSR count). The molecule has 1 atom stereocenters. The highest BCUT2D eigenvalue weighted by molar-refractivity contribution is 5.67. The number of nitrogens with one attached hydrogen (secondary N) is 1. The third-order valence-electron chi connectivity index (χ3n) is 4.69. The minimum Gasteiger partial charge on any atom is -0.453 e. The lowest BCUT2D eigenvalue weighted by molar-refractivity contribution is 0.0817. The molecule has 0 radical (unpaired) electrons. The van der Waals surface area contributed by atoms with E-state index in [9.17, 15) is 4.79 Å². The molecular formula is C21H43NO4. The van der Waals surface area contributed by atoms with Crippen LogP contribution in [0.25, 0.3) is 0 Å². The summed E-state index contributed by atoms with van der Waals surface area (Å²) in [5, 5.41) is 11.7. The molecule has 0 aromatic heterocycles. The van der Waals surface area contributed by atoms with Crippen LogP contribution in [0.1, 0.15) is 96.8 Å². The van der Waals surface area contributed by atoms with Gasteiger partial charge in [0, 0.05) is 6.61 Å². The molecule has 5 heteroatoms. The summed E-state index contributed by atoms with van der Waals surface area (Å²) in [5.74, 6) is 0. The first kappa shape index (κ1) is 25.2. The van der Waals surface area contributed by atoms with Crippen LogP contribution in [0.5, 0.6) is 0 Å². The molecule has 0 aliphatic carbocycles. The molecule has 0 fully saturated rings. The Balaban J connectivity index is 3.20. The molecule has 0 aliphatic rings. The van der Waals surface area contributed by atoms with Crippen LogP contribution in [0.4, 0.5) is 4.79 Å². The minimum absolute atomic E-state index is 0.145. The number of carbonyl (C=O) groups is 1. The molecule has 0 aromatic rings. The quantitative estimate of drug-likeness (QED) is 0.305. The summed E-state index contributed by atoms with van der Waals surface area (Å²) in [7, 11) is 1.30. The molecule has 0 spiro atoms. The van der Waals surface area contributed by atoms with Crippen molar-refractivity contribution in [1.82, 2.24) is 5.32 Å². The molecule has 156 valence electrons. The topological polar surface area (TPSA) is 67.8 Å². The van der Waals surface area contributed by atoms with Gasteiger partial charge in [-0.2, -0.15) is 0 Å². The van der Waals surface area contributed by atoms with Gasteiger partial charge in [-0.3, -0.25) is 0 Å². The van der Waals surface area contributed by atoms with Crippen LogP contribution in [-0.4, -0.2) is 44.2 Å². The monoisotopic (exact) mass is 373 g/mol. The fourth-order valence-electron chi connectivity index (χ4n) is 2.99. The summed E-state index contributed by atoms with van der Waals surface area (Å²) in [6.45, 7) is 3.13. The second kappa shape index (κ2) is 20.5. The maximum Gasteiger partial charge on any atom is 0.407 e. The Labute approximate surface area is 161 Å². The first-order chi connectivity index (χ1) is 12.7. The van der Waals surface area contributed by atoms with Gasteiger partial charge in [-0.1, -0.05) is 90.4 Å². The maximum atomic E-state index is 11.1. The largest absolute Gasteiger partial charge is 0.453 e. The SMILES string of the molecule is CCCCCCCCCCCCCCCCOCC(CO)NC(=O)OC. The van der Waals surface area contributed by atoms with E-state index in [0.717, 1.165) is 6.42 Å². The van der Waals surface area contributed by atoms with E-state index in [1.165, 1.54) is 90.6 Å². The van der Waals surface area contributed by atoms with Gasteiger partial charge in [0.2, 0.25) is 0 Å². The number of alkyl carbamates (subject to hydrolysis) is 1. The van der Waals surface area contributed by atoms with Crippen LogP contribution in [0, 0.1) is 0 Å². The third-order valence-corrected chi connectivity index (χ3v) is 4.69. The zero-order valence-electron chi connectivity index (χ0n) is 17.3. The molecule has 0 aromatic carbocycles. The Morgan fingerprint density at radius 2 is 1.31 bits per heavy atom. The number of amides is 1. The Morgan fingerprint density at radius 1 is 0.846 bits per heavy atom. The predicted molar refractivity (Wildman–Crippen MR) is 108 cm³/mol. The van der Waals surface area contributed by atoms with Crippen molar-refractivity contribution >= 4 is 6.09 Å². The van der Waals surface area contributed by atoms with Crippen LogP contribution < -0.4 is 5.32 Å². The van der Waals surface area contributed by atoms with E-state index < -0.39 is 12.1 Å². The standard InChI is InChI=1S/C21H43NO4/c1-3-4-5-6-7-8-9-10-11-12-13-14-15-16-17-26-19-20(18-23)22-21(24)25-2/h20,23H,3-19H2,1-2H3,(H,22,24). The molecule has 1 unspecified atom stereocenters. The number of aliphatic hydroxyl groups excluding tert-OH is 1. The number of hydrogen-bond donors (Lipinski definition) is 2. The molecule has 0 aliphatic heterocycles. The highest BCUT2D eigenvalue weighted by Gasteiger charge is 2.10. The smallest absolute Gasteiger partial charge is 0.407 e. The number of rotatable bonds is 19. The van der Waals surface area contributed by atoms with Gasteiger partial charge in [0.05, 0.1) is 26.4 Å². The summed E-state index contributed by atoms with van der Waals surface area (Å²) >= 11 is 0. The van der Waals surface area contributed by atoms with E-state index >= 15 is 0 Å². The maximum absolute atomic E-state index is 11.1. The van der Waals surface area contributed by atoms with Crippen molar-refractivity contribution in [3.63, 3.8) is 0 Å². The normalized spacial score (nSPS) is 12.1. The van der Waals surface area contributed by atoms with E-state index in [1.54, 1.807) is 0 Å². The number of unbranched alkanes of at least 4 members (excludes halogenated alkanes) is 13. The molecule has 0 heterocycles. The summed E-state index contributed by atoms with van der Waals surface area (Å²) in [5.41, 5.74) is 0. The molecule has 0 saturated carbocycles. The van der Waals surface area contributed by atoms with Gasteiger partial charge in [0.25, 0.3) is 0 Å². The number of carbonyl (C=O) groups excluding carboxylic acids is 1. The summed E-state index contributed by atoms with van der Waals surface area (Å²) in [6, 6.07) is -0.394. The number of ether oxygens (including phenoxy) is 2. The lowest BCUT2D eigenvalue weighted by atomic mass is 10.0. The van der Waals surface area contributed by atoms with Crippen LogP contribution >= 0.6 is 0 Å². The second-order valence-electron chi connectivity index (χ2n) is 7.19. The van der Waals surface area contributed by atoms with Gasteiger partial charge in [0.15, 0.2) is 0 Å². The van der Waals surface area contributed by atoms with E-state index in [-0.39, 0.29) is 6.61 Å². The predicted octanol–water partition coefficient (Wildman–Crippen LogP) is 5.20. The average molecular weight is 374 g/mol. The average Bonchev–Trinajstić information content (AvgIpc) is 2.66. The van der Waals surface area contributed by atoms with E-state index in [2.05, 4.69) is 17.0 Å². The van der Waals surface area contributed by atoms with Crippen molar-refractivity contribution in [2.75, 3.05) is 26.9 Å². The van der Waals surface area contributed by atoms with Gasteiger partial charge < -0.3 is 19.9 Å². The third kappa shape index (κ3) is 18.0. The number of methoxy groups -OCH3 is 1. The Bertz CT molecular complexity index is 300. The van der Waals surface area contributed by atoms with E-state index in [1.807, 2.05) is 0 Å². The van der Waals surface area contributed by atoms with Gasteiger partial charge in [-0.25, -0.2) is 4.79 Å². The molecule has 0 bridgehead atoms. The molecular weight excluding hydrogens is 330 g/mol. The summed E-state index contributed by atoms with van der Waals surface area (Å²) in [6.07, 6.45) is 18.2. The van der Waals surface area contributed by atoms with Gasteiger partial charge in [-0.15, -0.1) is 0 Å². The Morgan fingerprint density at radius 3 is 1.73 bits per heavy atom. The number of hydrogen-bond acceptors (Lipinski definition) is 4. The highest BCUT2D eigenvalue weighted by Crippen LogP contribution is 2.12. The van der Waals surface area contributed by atoms with Crippen molar-refractivity contribution < 1.29 is 19.4 Å². The fraction of sp³-hybridized carbons (Fsp3) is 0.952. The van der Waals surface area contributed by atoms with Crippen molar-refractivity contribution in [3.05, 3.63) is 0 Å². The van der Waals surface area contributed by atoms with Gasteiger partial charge >= 0.3 is 6.09 Å². The lowest BCUT2D eigenvalue weighted by Gasteiger charge is -2.15. The zero-order chi connectivity index (χ0) is 19.3. The first-order valence-electron chi connectivity index (χ1n) is 10.8. The van der Waals surface area contributed by atoms with Crippen molar-refractivity contribution in [2.24, 2.45) is 0 Å². The van der Waals surface area contributed by atoms with Gasteiger partial charge in [0.1, 0.15) is 0 Å². The van der Waals surface area contributed by atoms with Crippen LogP contribution in [0.2, 0.25) is 0 Å². The summed E-state index contributed by atoms with van der Waals surface area (Å²) in [4.78, 5) is 11.1. The Kier molecular flexibility index (Phi) is 19.9.